The van der Waals surface area contributed by atoms with Crippen molar-refractivity contribution in [1.29, 1.82) is 0 Å². The number of nitrogens with one attached hydrogen (secondary N) is 1. The van der Waals surface area contributed by atoms with Gasteiger partial charge in [0.05, 0.1) is 34.6 Å². The number of amides is 2. The van der Waals surface area contributed by atoms with Crippen LogP contribution < -0.4 is 5.32 Å². The van der Waals surface area contributed by atoms with Crippen LogP contribution >= 0.6 is 11.6 Å². The maximum absolute atomic E-state index is 14.9. The fourth-order valence-electron chi connectivity index (χ4n) is 3.92. The van der Waals surface area contributed by atoms with E-state index in [0.29, 0.717) is 11.1 Å². The van der Waals surface area contributed by atoms with Crippen LogP contribution in [-0.2, 0) is 16.8 Å². The van der Waals surface area contributed by atoms with Gasteiger partial charge in [0, 0.05) is 19.2 Å². The van der Waals surface area contributed by atoms with E-state index in [4.69, 9.17) is 16.3 Å². The number of carbonyl (C=O) groups excluding carboxylic acids is 2. The maximum Gasteiger partial charge on any atom is 0.499 e. The highest BCUT2D eigenvalue weighted by atomic mass is 35.5. The Labute approximate surface area is 173 Å². The minimum Gasteiger partial charge on any atom is -0.448 e. The molecule has 4 rings (SSSR count). The van der Waals surface area contributed by atoms with Crippen molar-refractivity contribution in [2.45, 2.75) is 24.9 Å². The third kappa shape index (κ3) is 3.71. The Morgan fingerprint density at radius 3 is 2.87 bits per heavy atom. The van der Waals surface area contributed by atoms with E-state index >= 15 is 0 Å². The van der Waals surface area contributed by atoms with Gasteiger partial charge in [0.15, 0.2) is 11.4 Å². The van der Waals surface area contributed by atoms with Crippen LogP contribution in [-0.4, -0.2) is 46.7 Å². The zero-order valence-corrected chi connectivity index (χ0v) is 16.1. The van der Waals surface area contributed by atoms with Gasteiger partial charge >= 0.3 is 13.1 Å². The number of fused-ring (bicyclic) bond motifs is 2. The number of rotatable bonds is 3. The van der Waals surface area contributed by atoms with E-state index < -0.39 is 36.8 Å². The average molecular weight is 446 g/mol. The zero-order chi connectivity index (χ0) is 21.7. The number of hydrogen-bond donors (Lipinski definition) is 1. The van der Waals surface area contributed by atoms with Crippen molar-refractivity contribution in [2.24, 2.45) is 0 Å². The van der Waals surface area contributed by atoms with Crippen LogP contribution in [0.2, 0.25) is 5.02 Å². The van der Waals surface area contributed by atoms with Crippen molar-refractivity contribution >= 4 is 36.3 Å². The fraction of sp³-hybridized carbons (Fsp3) is 0.353. The predicted octanol–water partition coefficient (Wildman–Crippen LogP) is 3.76. The van der Waals surface area contributed by atoms with E-state index in [1.165, 1.54) is 17.0 Å². The first-order valence-corrected chi connectivity index (χ1v) is 9.47. The summed E-state index contributed by atoms with van der Waals surface area (Å²) in [6, 6.07) is 2.75. The molecule has 1 saturated heterocycles. The van der Waals surface area contributed by atoms with Crippen molar-refractivity contribution in [1.82, 2.24) is 14.7 Å². The number of benzene rings is 1. The van der Waals surface area contributed by atoms with Gasteiger partial charge in [0.1, 0.15) is 0 Å². The number of halogens is 5. The third-order valence-corrected chi connectivity index (χ3v) is 5.38. The largest absolute Gasteiger partial charge is 0.499 e. The van der Waals surface area contributed by atoms with E-state index in [1.807, 2.05) is 0 Å². The molecule has 0 aliphatic carbocycles. The number of aromatic nitrogens is 2. The predicted molar refractivity (Wildman–Crippen MR) is 99.6 cm³/mol. The average Bonchev–Trinajstić information content (AvgIpc) is 3.10. The van der Waals surface area contributed by atoms with Gasteiger partial charge in [-0.05, 0) is 25.0 Å². The minimum absolute atomic E-state index is 0.0425. The van der Waals surface area contributed by atoms with E-state index in [0.717, 1.165) is 12.4 Å². The lowest BCUT2D eigenvalue weighted by molar-refractivity contribution is -0.0418. The lowest BCUT2D eigenvalue weighted by atomic mass is 9.83. The molecule has 1 atom stereocenters. The summed E-state index contributed by atoms with van der Waals surface area (Å²) in [4.78, 5) is 26.3. The first-order valence-electron chi connectivity index (χ1n) is 9.09. The molecule has 13 heteroatoms. The molecule has 0 bridgehead atoms. The molecule has 1 spiro atoms. The minimum atomic E-state index is -5.12. The Kier molecular flexibility index (Phi) is 4.91. The van der Waals surface area contributed by atoms with Crippen LogP contribution in [0, 0.1) is 5.82 Å². The molecule has 2 aliphatic heterocycles. The van der Waals surface area contributed by atoms with Gasteiger partial charge in [-0.1, -0.05) is 11.6 Å². The van der Waals surface area contributed by atoms with Crippen molar-refractivity contribution in [3.63, 3.8) is 0 Å². The molecule has 1 N–H and O–H groups in total. The molecule has 0 unspecified atom stereocenters. The molecule has 2 aliphatic rings. The molecule has 0 saturated carbocycles. The Bertz CT molecular complexity index is 1030. The summed E-state index contributed by atoms with van der Waals surface area (Å²) in [6.07, 6.45) is 0.634. The summed E-state index contributed by atoms with van der Waals surface area (Å²) < 4.78 is 58.8. The molecular formula is C17H15BClF4N4O3-. The number of piperidine rings is 1. The molecule has 2 aromatic rings. The molecule has 30 heavy (non-hydrogen) atoms. The first kappa shape index (κ1) is 20.5. The van der Waals surface area contributed by atoms with Gasteiger partial charge < -0.3 is 22.6 Å². The van der Waals surface area contributed by atoms with Crippen molar-refractivity contribution in [3.8, 4) is 0 Å². The molecule has 2 amide bonds. The highest BCUT2D eigenvalue weighted by molar-refractivity contribution is 6.57. The van der Waals surface area contributed by atoms with Crippen LogP contribution in [0.5, 0.6) is 0 Å². The number of ether oxygens (including phenoxy) is 1. The first-order chi connectivity index (χ1) is 14.1. The second kappa shape index (κ2) is 7.19. The van der Waals surface area contributed by atoms with E-state index in [-0.39, 0.29) is 41.3 Å². The molecule has 3 heterocycles. The normalized spacial score (nSPS) is 21.2. The zero-order valence-electron chi connectivity index (χ0n) is 15.4. The second-order valence-electron chi connectivity index (χ2n) is 7.28. The van der Waals surface area contributed by atoms with Crippen molar-refractivity contribution in [3.05, 3.63) is 46.5 Å². The third-order valence-electron chi connectivity index (χ3n) is 5.09. The van der Waals surface area contributed by atoms with Crippen LogP contribution in [0.4, 0.5) is 27.8 Å². The highest BCUT2D eigenvalue weighted by Crippen LogP contribution is 2.45. The smallest absolute Gasteiger partial charge is 0.448 e. The van der Waals surface area contributed by atoms with Crippen LogP contribution in [0.15, 0.2) is 24.5 Å². The van der Waals surface area contributed by atoms with Gasteiger partial charge in [0.25, 0.3) is 5.91 Å². The Hall–Kier alpha value is -2.76. The van der Waals surface area contributed by atoms with E-state index in [2.05, 4.69) is 10.4 Å². The Morgan fingerprint density at radius 2 is 2.13 bits per heavy atom. The molecular weight excluding hydrogens is 430 g/mol. The van der Waals surface area contributed by atoms with Crippen molar-refractivity contribution < 1.29 is 31.7 Å². The molecule has 0 radical (unpaired) electrons. The number of anilines is 1. The van der Waals surface area contributed by atoms with E-state index in [9.17, 15) is 26.9 Å². The molecule has 1 aromatic carbocycles. The molecule has 160 valence electrons. The van der Waals surface area contributed by atoms with Gasteiger partial charge in [-0.3, -0.25) is 14.8 Å². The summed E-state index contributed by atoms with van der Waals surface area (Å²) in [7, 11) is 0. The highest BCUT2D eigenvalue weighted by Gasteiger charge is 2.48. The molecule has 1 aromatic heterocycles. The summed E-state index contributed by atoms with van der Waals surface area (Å²) in [5.41, 5.74) is -1.25. The molecule has 7 nitrogen and oxygen atoms in total. The topological polar surface area (TPSA) is 76.5 Å². The lowest BCUT2D eigenvalue weighted by Gasteiger charge is -2.45. The number of nitrogens with zero attached hydrogens (tertiary/aromatic N) is 3. The number of carbonyl (C=O) groups is 2. The van der Waals surface area contributed by atoms with Crippen molar-refractivity contribution in [2.75, 3.05) is 18.4 Å². The lowest BCUT2D eigenvalue weighted by Crippen LogP contribution is -2.53. The second-order valence-corrected chi connectivity index (χ2v) is 7.69. The summed E-state index contributed by atoms with van der Waals surface area (Å²) in [6.45, 7) is -5.02. The number of hydrogen-bond acceptors (Lipinski definition) is 4. The van der Waals surface area contributed by atoms with Gasteiger partial charge in [0.2, 0.25) is 0 Å². The van der Waals surface area contributed by atoms with E-state index in [1.54, 1.807) is 0 Å². The summed E-state index contributed by atoms with van der Waals surface area (Å²) in [5.74, 6) is -1.35. The SMILES string of the molecule is O=C1Nc2ccc(Cl)c(F)c2[C@@]2(CCCN(C(=O)c3cnn(C[B-](F)(F)F)c3)C2)O1. The number of likely N-dealkylation sites (tertiary alicyclic amines) is 1. The maximum atomic E-state index is 14.9. The standard InChI is InChI=1S/C17H15BClF4N4O3/c19-11-2-3-12-13(14(11)20)17(30-16(29)25-12)4-1-5-26(8-17)15(28)10-6-24-27(7-10)9-18(21,22)23/h2-3,6-7H,1,4-5,8-9H2,(H,25,29)/q-1/t17-/m0/s1. The van der Waals surface area contributed by atoms with Gasteiger partial charge in [-0.25, -0.2) is 9.18 Å². The van der Waals surface area contributed by atoms with Crippen LogP contribution in [0.25, 0.3) is 0 Å². The Balaban J connectivity index is 1.64. The quantitative estimate of drug-likeness (QED) is 0.577. The Morgan fingerprint density at radius 1 is 1.37 bits per heavy atom. The van der Waals surface area contributed by atoms with Crippen LogP contribution in [0.3, 0.4) is 0 Å². The fourth-order valence-corrected chi connectivity index (χ4v) is 4.07. The molecule has 1 fully saturated rings. The van der Waals surface area contributed by atoms with Gasteiger partial charge in [-0.15, -0.1) is 0 Å². The summed E-state index contributed by atoms with van der Waals surface area (Å²) in [5, 5.41) is 5.85. The monoisotopic (exact) mass is 445 g/mol. The van der Waals surface area contributed by atoms with Crippen LogP contribution in [0.1, 0.15) is 28.8 Å². The summed E-state index contributed by atoms with van der Waals surface area (Å²) >= 11 is 5.91. The van der Waals surface area contributed by atoms with Gasteiger partial charge in [-0.2, -0.15) is 5.10 Å².